The van der Waals surface area contributed by atoms with E-state index in [9.17, 15) is 13.2 Å². The van der Waals surface area contributed by atoms with Gasteiger partial charge in [0, 0.05) is 22.0 Å². The molecule has 1 amide bonds. The molecule has 0 spiro atoms. The first-order chi connectivity index (χ1) is 19.2. The number of anilines is 1. The van der Waals surface area contributed by atoms with Crippen molar-refractivity contribution >= 4 is 61.9 Å². The number of pyridine rings is 1. The molecule has 0 atom stereocenters. The highest BCUT2D eigenvalue weighted by atomic mass is 35.5. The van der Waals surface area contributed by atoms with E-state index >= 15 is 0 Å². The number of ether oxygens (including phenoxy) is 3. The molecule has 0 aliphatic carbocycles. The lowest BCUT2D eigenvalue weighted by atomic mass is 10.2. The molecule has 1 heterocycles. The molecule has 3 aromatic carbocycles. The fraction of sp³-hybridized carbons (Fsp3) is 0.148. The molecular weight excluding hydrogens is 579 g/mol. The van der Waals surface area contributed by atoms with Gasteiger partial charge >= 0.3 is 0 Å². The van der Waals surface area contributed by atoms with Crippen molar-refractivity contribution in [3.63, 3.8) is 0 Å². The number of rotatable bonds is 10. The van der Waals surface area contributed by atoms with Gasteiger partial charge in [0.15, 0.2) is 11.5 Å². The number of hydrogen-bond donors (Lipinski definition) is 1. The Hall–Kier alpha value is -4.06. The molecule has 0 saturated heterocycles. The van der Waals surface area contributed by atoms with Gasteiger partial charge in [-0.3, -0.25) is 9.10 Å². The average Bonchev–Trinajstić information content (AvgIpc) is 2.95. The minimum Gasteiger partial charge on any atom is -0.495 e. The number of amides is 1. The number of sulfonamides is 1. The quantitative estimate of drug-likeness (QED) is 0.155. The van der Waals surface area contributed by atoms with Crippen molar-refractivity contribution in [2.45, 2.75) is 4.90 Å². The molecule has 4 rings (SSSR count). The van der Waals surface area contributed by atoms with Gasteiger partial charge in [-0.25, -0.2) is 18.8 Å². The fourth-order valence-corrected chi connectivity index (χ4v) is 5.60. The molecule has 0 saturated carbocycles. The number of nitrogens with zero attached hydrogens (tertiary/aromatic N) is 3. The number of para-hydroxylation sites is 1. The van der Waals surface area contributed by atoms with Gasteiger partial charge in [-0.2, -0.15) is 5.10 Å². The molecule has 1 N–H and O–H groups in total. The molecular formula is C27H24Cl2N4O6S. The minimum absolute atomic E-state index is 0.0469. The second kappa shape index (κ2) is 12.4. The minimum atomic E-state index is -4.35. The van der Waals surface area contributed by atoms with Crippen molar-refractivity contribution in [1.82, 2.24) is 10.4 Å². The molecule has 208 valence electrons. The van der Waals surface area contributed by atoms with Crippen LogP contribution in [0.2, 0.25) is 10.2 Å². The van der Waals surface area contributed by atoms with E-state index in [1.54, 1.807) is 6.07 Å². The van der Waals surface area contributed by atoms with Gasteiger partial charge in [0.25, 0.3) is 15.9 Å². The van der Waals surface area contributed by atoms with Crippen LogP contribution in [0.5, 0.6) is 17.2 Å². The summed E-state index contributed by atoms with van der Waals surface area (Å²) in [5.74, 6) is -0.0373. The average molecular weight is 603 g/mol. The Morgan fingerprint density at radius 3 is 2.38 bits per heavy atom. The normalized spacial score (nSPS) is 11.4. The van der Waals surface area contributed by atoms with Gasteiger partial charge in [-0.15, -0.1) is 0 Å². The van der Waals surface area contributed by atoms with E-state index in [1.807, 2.05) is 24.3 Å². The van der Waals surface area contributed by atoms with Crippen LogP contribution in [0.4, 0.5) is 5.69 Å². The number of methoxy groups -OCH3 is 3. The monoisotopic (exact) mass is 602 g/mol. The number of hydrogen-bond acceptors (Lipinski definition) is 8. The van der Waals surface area contributed by atoms with Crippen LogP contribution in [-0.2, 0) is 14.8 Å². The van der Waals surface area contributed by atoms with E-state index in [2.05, 4.69) is 15.5 Å². The molecule has 0 aliphatic heterocycles. The first-order valence-corrected chi connectivity index (χ1v) is 13.8. The van der Waals surface area contributed by atoms with Gasteiger partial charge < -0.3 is 14.2 Å². The second-order valence-corrected chi connectivity index (χ2v) is 10.9. The lowest BCUT2D eigenvalue weighted by Crippen LogP contribution is -2.39. The molecule has 0 aliphatic rings. The van der Waals surface area contributed by atoms with Crippen LogP contribution in [0.1, 0.15) is 5.56 Å². The topological polar surface area (TPSA) is 119 Å². The zero-order valence-corrected chi connectivity index (χ0v) is 23.9. The van der Waals surface area contributed by atoms with Crippen LogP contribution in [-0.4, -0.2) is 53.4 Å². The Morgan fingerprint density at radius 1 is 0.950 bits per heavy atom. The van der Waals surface area contributed by atoms with Crippen molar-refractivity contribution in [3.05, 3.63) is 82.5 Å². The summed E-state index contributed by atoms with van der Waals surface area (Å²) in [5.41, 5.74) is 3.56. The van der Waals surface area contributed by atoms with Gasteiger partial charge in [0.2, 0.25) is 0 Å². The van der Waals surface area contributed by atoms with Crippen molar-refractivity contribution in [2.75, 3.05) is 32.2 Å². The number of carbonyl (C=O) groups excluding carboxylic acids is 1. The van der Waals surface area contributed by atoms with E-state index < -0.39 is 22.5 Å². The van der Waals surface area contributed by atoms with E-state index in [0.717, 1.165) is 9.69 Å². The second-order valence-electron chi connectivity index (χ2n) is 8.20. The summed E-state index contributed by atoms with van der Waals surface area (Å²) < 4.78 is 44.5. The number of fused-ring (bicyclic) bond motifs is 1. The predicted octanol–water partition coefficient (Wildman–Crippen LogP) is 4.91. The zero-order chi connectivity index (χ0) is 28.9. The van der Waals surface area contributed by atoms with Crippen molar-refractivity contribution < 1.29 is 27.4 Å². The lowest BCUT2D eigenvalue weighted by Gasteiger charge is -2.25. The Labute approximate surface area is 241 Å². The molecule has 10 nitrogen and oxygen atoms in total. The first kappa shape index (κ1) is 28.9. The van der Waals surface area contributed by atoms with Crippen molar-refractivity contribution in [1.29, 1.82) is 0 Å². The van der Waals surface area contributed by atoms with Crippen molar-refractivity contribution in [2.24, 2.45) is 5.10 Å². The van der Waals surface area contributed by atoms with Crippen molar-refractivity contribution in [3.8, 4) is 17.2 Å². The summed E-state index contributed by atoms with van der Waals surface area (Å²) in [4.78, 5) is 17.2. The number of halogens is 2. The summed E-state index contributed by atoms with van der Waals surface area (Å²) >= 11 is 12.4. The summed E-state index contributed by atoms with van der Waals surface area (Å²) in [6.07, 6.45) is 1.33. The zero-order valence-electron chi connectivity index (χ0n) is 21.6. The summed E-state index contributed by atoms with van der Waals surface area (Å²) in [6.45, 7) is -0.658. The van der Waals surface area contributed by atoms with E-state index in [4.69, 9.17) is 37.4 Å². The number of hydrazone groups is 1. The third kappa shape index (κ3) is 6.22. The van der Waals surface area contributed by atoms with Gasteiger partial charge in [0.05, 0.1) is 43.6 Å². The maximum absolute atomic E-state index is 13.9. The standard InChI is InChI=1S/C27H24Cl2N4O6S/c1-37-23-10-8-19(28)13-22(23)33(40(35,36)20-9-11-24(38-2)25(14-20)39-3)16-26(34)32-30-15-18-12-17-6-4-5-7-21(17)31-27(18)29/h4-15H,16H2,1-3H3,(H,32,34)/b30-15-. The molecule has 0 fully saturated rings. The summed E-state index contributed by atoms with van der Waals surface area (Å²) in [6, 6.07) is 17.7. The predicted molar refractivity (Wildman–Crippen MR) is 155 cm³/mol. The molecule has 0 unspecified atom stereocenters. The largest absolute Gasteiger partial charge is 0.495 e. The summed E-state index contributed by atoms with van der Waals surface area (Å²) in [5, 5.41) is 5.22. The van der Waals surface area contributed by atoms with Crippen LogP contribution < -0.4 is 23.9 Å². The smallest absolute Gasteiger partial charge is 0.265 e. The van der Waals surface area contributed by atoms with Crippen LogP contribution in [0, 0.1) is 0 Å². The Balaban J connectivity index is 1.66. The number of nitrogens with one attached hydrogen (secondary N) is 1. The van der Waals surface area contributed by atoms with Gasteiger partial charge in [0.1, 0.15) is 17.4 Å². The highest BCUT2D eigenvalue weighted by Gasteiger charge is 2.30. The van der Waals surface area contributed by atoms with Crippen LogP contribution in [0.3, 0.4) is 0 Å². The maximum Gasteiger partial charge on any atom is 0.265 e. The Kier molecular flexibility index (Phi) is 8.98. The highest BCUT2D eigenvalue weighted by molar-refractivity contribution is 7.92. The lowest BCUT2D eigenvalue weighted by molar-refractivity contribution is -0.119. The third-order valence-electron chi connectivity index (χ3n) is 5.74. The number of benzene rings is 3. The summed E-state index contributed by atoms with van der Waals surface area (Å²) in [7, 11) is -0.159. The Morgan fingerprint density at radius 2 is 1.65 bits per heavy atom. The van der Waals surface area contributed by atoms with Crippen LogP contribution >= 0.6 is 23.2 Å². The molecule has 0 radical (unpaired) electrons. The van der Waals surface area contributed by atoms with Gasteiger partial charge in [-0.05, 0) is 42.5 Å². The SMILES string of the molecule is COc1ccc(S(=O)(=O)N(CC(=O)N/N=C\c2cc3ccccc3nc2Cl)c2cc(Cl)ccc2OC)cc1OC. The van der Waals surface area contributed by atoms with Gasteiger partial charge in [-0.1, -0.05) is 41.4 Å². The molecule has 40 heavy (non-hydrogen) atoms. The van der Waals surface area contributed by atoms with E-state index in [0.29, 0.717) is 16.8 Å². The molecule has 1 aromatic heterocycles. The fourth-order valence-electron chi connectivity index (χ4n) is 3.80. The Bertz CT molecular complexity index is 1700. The first-order valence-electron chi connectivity index (χ1n) is 11.6. The highest BCUT2D eigenvalue weighted by Crippen LogP contribution is 2.37. The molecule has 4 aromatic rings. The third-order valence-corrected chi connectivity index (χ3v) is 8.03. The van der Waals surface area contributed by atoms with Crippen LogP contribution in [0.15, 0.2) is 76.7 Å². The molecule has 13 heteroatoms. The maximum atomic E-state index is 13.9. The van der Waals surface area contributed by atoms with Crippen LogP contribution in [0.25, 0.3) is 10.9 Å². The number of aromatic nitrogens is 1. The van der Waals surface area contributed by atoms with E-state index in [-0.39, 0.29) is 32.3 Å². The van der Waals surface area contributed by atoms with E-state index in [1.165, 1.54) is 63.9 Å². The number of carbonyl (C=O) groups is 1. The molecule has 0 bridgehead atoms.